The minimum atomic E-state index is -0.778. The highest BCUT2D eigenvalue weighted by atomic mass is 35.5. The average molecular weight is 345 g/mol. The van der Waals surface area contributed by atoms with Gasteiger partial charge in [-0.25, -0.2) is 0 Å². The van der Waals surface area contributed by atoms with E-state index < -0.39 is 5.54 Å². The van der Waals surface area contributed by atoms with Gasteiger partial charge in [0.15, 0.2) is 0 Å². The number of halogens is 2. The Kier molecular flexibility index (Phi) is 6.72. The number of nitrogens with one attached hydrogen (secondary N) is 1. The fourth-order valence-electron chi connectivity index (χ4n) is 3.06. The van der Waals surface area contributed by atoms with Crippen molar-refractivity contribution in [2.45, 2.75) is 56.9 Å². The molecule has 124 valence electrons. The van der Waals surface area contributed by atoms with E-state index >= 15 is 0 Å². The third kappa shape index (κ3) is 4.15. The molecule has 0 spiro atoms. The van der Waals surface area contributed by atoms with E-state index in [0.717, 1.165) is 24.3 Å². The minimum Gasteiger partial charge on any atom is -0.354 e. The Labute approximate surface area is 144 Å². The first-order chi connectivity index (χ1) is 9.89. The van der Waals surface area contributed by atoms with Crippen LogP contribution in [0.4, 0.5) is 0 Å². The van der Waals surface area contributed by atoms with Gasteiger partial charge in [0, 0.05) is 17.0 Å². The van der Waals surface area contributed by atoms with Gasteiger partial charge in [-0.3, -0.25) is 4.79 Å². The Bertz CT molecular complexity index is 496. The number of carbonyl (C=O) groups is 1. The topological polar surface area (TPSA) is 55.1 Å². The van der Waals surface area contributed by atoms with Gasteiger partial charge < -0.3 is 11.1 Å². The number of nitrogens with two attached hydrogens (primary N) is 1. The van der Waals surface area contributed by atoms with Crippen LogP contribution in [0.5, 0.6) is 0 Å². The molecule has 1 unspecified atom stereocenters. The van der Waals surface area contributed by atoms with E-state index in [9.17, 15) is 4.79 Å². The summed E-state index contributed by atoms with van der Waals surface area (Å²) in [6.45, 7) is 4.51. The molecule has 0 heterocycles. The molecule has 3 N–H and O–H groups in total. The summed E-state index contributed by atoms with van der Waals surface area (Å²) in [4.78, 5) is 12.3. The largest absolute Gasteiger partial charge is 0.354 e. The lowest BCUT2D eigenvalue weighted by Gasteiger charge is -2.43. The minimum absolute atomic E-state index is 0. The van der Waals surface area contributed by atoms with Gasteiger partial charge in [-0.1, -0.05) is 43.5 Å². The Morgan fingerprint density at radius 2 is 1.95 bits per heavy atom. The Morgan fingerprint density at radius 3 is 2.41 bits per heavy atom. The summed E-state index contributed by atoms with van der Waals surface area (Å²) >= 11 is 5.96. The van der Waals surface area contributed by atoms with Crippen molar-refractivity contribution in [3.05, 3.63) is 34.9 Å². The van der Waals surface area contributed by atoms with E-state index in [1.165, 1.54) is 12.0 Å². The summed E-state index contributed by atoms with van der Waals surface area (Å²) in [6, 6.07) is 7.98. The van der Waals surface area contributed by atoms with Gasteiger partial charge in [-0.15, -0.1) is 12.4 Å². The van der Waals surface area contributed by atoms with Gasteiger partial charge in [0.1, 0.15) is 0 Å². The number of hydrogen-bond donors (Lipinski definition) is 2. The lowest BCUT2D eigenvalue weighted by Crippen LogP contribution is -2.55. The fourth-order valence-corrected chi connectivity index (χ4v) is 3.18. The fraction of sp³-hybridized carbons (Fsp3) is 0.588. The predicted octanol–water partition coefficient (Wildman–Crippen LogP) is 3.82. The molecule has 2 rings (SSSR count). The lowest BCUT2D eigenvalue weighted by atomic mass is 9.64. The molecule has 0 saturated heterocycles. The van der Waals surface area contributed by atoms with Crippen LogP contribution in [0.2, 0.25) is 5.02 Å². The molecular weight excluding hydrogens is 319 g/mol. The Hall–Kier alpha value is -0.770. The summed E-state index contributed by atoms with van der Waals surface area (Å²) < 4.78 is 0. The molecule has 0 bridgehead atoms. The Morgan fingerprint density at radius 1 is 1.36 bits per heavy atom. The zero-order valence-corrected chi connectivity index (χ0v) is 14.9. The second-order valence-electron chi connectivity index (χ2n) is 6.49. The molecule has 1 aliphatic rings. The van der Waals surface area contributed by atoms with Crippen molar-refractivity contribution in [2.75, 3.05) is 6.54 Å². The average Bonchev–Trinajstić information content (AvgIpc) is 2.39. The van der Waals surface area contributed by atoms with Gasteiger partial charge in [-0.05, 0) is 43.9 Å². The standard InChI is InChI=1S/C17H25ClN2O.ClH/c1-3-9-16(2,19)15(21)20-12-17(10-4-11-17)13-5-7-14(18)8-6-13;/h5-8H,3-4,9-12,19H2,1-2H3,(H,20,21);1H. The van der Waals surface area contributed by atoms with E-state index in [0.29, 0.717) is 13.0 Å². The van der Waals surface area contributed by atoms with Gasteiger partial charge >= 0.3 is 0 Å². The van der Waals surface area contributed by atoms with E-state index in [4.69, 9.17) is 17.3 Å². The molecule has 0 aliphatic heterocycles. The highest BCUT2D eigenvalue weighted by molar-refractivity contribution is 6.30. The van der Waals surface area contributed by atoms with Gasteiger partial charge in [0.25, 0.3) is 0 Å². The second kappa shape index (κ2) is 7.67. The summed E-state index contributed by atoms with van der Waals surface area (Å²) in [5, 5.41) is 3.81. The van der Waals surface area contributed by atoms with Crippen LogP contribution < -0.4 is 11.1 Å². The van der Waals surface area contributed by atoms with Gasteiger partial charge in [-0.2, -0.15) is 0 Å². The van der Waals surface area contributed by atoms with Crippen molar-refractivity contribution in [2.24, 2.45) is 5.73 Å². The van der Waals surface area contributed by atoms with E-state index in [-0.39, 0.29) is 23.7 Å². The van der Waals surface area contributed by atoms with Crippen molar-refractivity contribution in [1.29, 1.82) is 0 Å². The summed E-state index contributed by atoms with van der Waals surface area (Å²) in [5.41, 5.74) is 6.63. The number of carbonyl (C=O) groups excluding carboxylic acids is 1. The summed E-state index contributed by atoms with van der Waals surface area (Å²) in [7, 11) is 0. The van der Waals surface area contributed by atoms with Crippen LogP contribution in [-0.2, 0) is 10.2 Å². The zero-order valence-electron chi connectivity index (χ0n) is 13.3. The molecule has 1 aromatic rings. The predicted molar refractivity (Wildman–Crippen MR) is 94.7 cm³/mol. The summed E-state index contributed by atoms with van der Waals surface area (Å²) in [6.07, 6.45) is 5.01. The van der Waals surface area contributed by atoms with Gasteiger partial charge in [0.05, 0.1) is 5.54 Å². The maximum absolute atomic E-state index is 12.3. The molecule has 0 radical (unpaired) electrons. The van der Waals surface area contributed by atoms with Crippen molar-refractivity contribution >= 4 is 29.9 Å². The maximum atomic E-state index is 12.3. The monoisotopic (exact) mass is 344 g/mol. The molecule has 1 aromatic carbocycles. The van der Waals surface area contributed by atoms with Crippen LogP contribution >= 0.6 is 24.0 Å². The quantitative estimate of drug-likeness (QED) is 0.824. The number of amides is 1. The van der Waals surface area contributed by atoms with E-state index in [1.54, 1.807) is 0 Å². The first kappa shape index (κ1) is 19.3. The van der Waals surface area contributed by atoms with Crippen molar-refractivity contribution in [3.63, 3.8) is 0 Å². The molecule has 3 nitrogen and oxygen atoms in total. The summed E-state index contributed by atoms with van der Waals surface area (Å²) in [5.74, 6) is -0.0513. The highest BCUT2D eigenvalue weighted by Crippen LogP contribution is 2.43. The van der Waals surface area contributed by atoms with Crippen molar-refractivity contribution in [1.82, 2.24) is 5.32 Å². The molecule has 1 saturated carbocycles. The van der Waals surface area contributed by atoms with Gasteiger partial charge in [0.2, 0.25) is 5.91 Å². The second-order valence-corrected chi connectivity index (χ2v) is 6.93. The van der Waals surface area contributed by atoms with Crippen LogP contribution in [0.3, 0.4) is 0 Å². The molecule has 0 aromatic heterocycles. The number of hydrogen-bond acceptors (Lipinski definition) is 2. The number of rotatable bonds is 6. The van der Waals surface area contributed by atoms with E-state index in [1.807, 2.05) is 26.0 Å². The molecule has 22 heavy (non-hydrogen) atoms. The molecule has 1 aliphatic carbocycles. The number of benzene rings is 1. The van der Waals surface area contributed by atoms with Crippen molar-refractivity contribution in [3.8, 4) is 0 Å². The third-order valence-corrected chi connectivity index (χ3v) is 4.89. The lowest BCUT2D eigenvalue weighted by molar-refractivity contribution is -0.126. The van der Waals surface area contributed by atoms with Crippen LogP contribution in [-0.4, -0.2) is 18.0 Å². The zero-order chi connectivity index (χ0) is 15.5. The normalized spacial score (nSPS) is 18.5. The van der Waals surface area contributed by atoms with Crippen LogP contribution in [0, 0.1) is 0 Å². The maximum Gasteiger partial charge on any atom is 0.239 e. The molecular formula is C17H26Cl2N2O. The molecule has 1 atom stereocenters. The molecule has 1 amide bonds. The third-order valence-electron chi connectivity index (χ3n) is 4.64. The SMILES string of the molecule is CCCC(C)(N)C(=O)NCC1(c2ccc(Cl)cc2)CCC1.Cl. The first-order valence-electron chi connectivity index (χ1n) is 7.73. The van der Waals surface area contributed by atoms with E-state index in [2.05, 4.69) is 17.4 Å². The molecule has 5 heteroatoms. The smallest absolute Gasteiger partial charge is 0.239 e. The molecule has 1 fully saturated rings. The highest BCUT2D eigenvalue weighted by Gasteiger charge is 2.40. The van der Waals surface area contributed by atoms with Crippen LogP contribution in [0.25, 0.3) is 0 Å². The first-order valence-corrected chi connectivity index (χ1v) is 8.11. The van der Waals surface area contributed by atoms with Crippen molar-refractivity contribution < 1.29 is 4.79 Å². The van der Waals surface area contributed by atoms with Crippen LogP contribution in [0.15, 0.2) is 24.3 Å². The Balaban J connectivity index is 0.00000242. The van der Waals surface area contributed by atoms with Crippen LogP contribution in [0.1, 0.15) is 51.5 Å².